The van der Waals surface area contributed by atoms with E-state index in [0.29, 0.717) is 6.42 Å². The molecule has 1 fully saturated rings. The van der Waals surface area contributed by atoms with Gasteiger partial charge in [-0.05, 0) is 30.5 Å². The van der Waals surface area contributed by atoms with Crippen LogP contribution in [0.3, 0.4) is 0 Å². The van der Waals surface area contributed by atoms with Gasteiger partial charge in [-0.2, -0.15) is 0 Å². The highest BCUT2D eigenvalue weighted by Gasteiger charge is 2.30. The van der Waals surface area contributed by atoms with Gasteiger partial charge >= 0.3 is 0 Å². The number of carbonyl (C=O) groups excluding carboxylic acids is 1. The van der Waals surface area contributed by atoms with Crippen LogP contribution in [-0.4, -0.2) is 43.0 Å². The van der Waals surface area contributed by atoms with Crippen LogP contribution >= 0.6 is 11.3 Å². The maximum absolute atomic E-state index is 11.9. The third-order valence-electron chi connectivity index (χ3n) is 4.85. The summed E-state index contributed by atoms with van der Waals surface area (Å²) < 4.78 is 0. The number of nitrogens with one attached hydrogen (secondary N) is 1. The van der Waals surface area contributed by atoms with Crippen molar-refractivity contribution in [2.45, 2.75) is 32.4 Å². The van der Waals surface area contributed by atoms with E-state index in [1.165, 1.54) is 10.6 Å². The predicted octanol–water partition coefficient (Wildman–Crippen LogP) is 3.53. The van der Waals surface area contributed by atoms with Gasteiger partial charge < -0.3 is 10.2 Å². The molecule has 1 N–H and O–H groups in total. The first-order valence-electron chi connectivity index (χ1n) is 9.06. The van der Waals surface area contributed by atoms with E-state index in [9.17, 15) is 4.79 Å². The maximum atomic E-state index is 11.9. The molecule has 1 aliphatic rings. The Bertz CT molecular complexity index is 651. The first-order valence-corrected chi connectivity index (χ1v) is 9.94. The highest BCUT2D eigenvalue weighted by atomic mass is 32.1. The lowest BCUT2D eigenvalue weighted by Gasteiger charge is -2.42. The summed E-state index contributed by atoms with van der Waals surface area (Å²) in [5.41, 5.74) is 1.29. The molecule has 2 heterocycles. The zero-order chi connectivity index (χ0) is 17.6. The second-order valence-corrected chi connectivity index (χ2v) is 7.51. The van der Waals surface area contributed by atoms with Crippen LogP contribution in [0.4, 0.5) is 5.69 Å². The van der Waals surface area contributed by atoms with Gasteiger partial charge in [0.25, 0.3) is 0 Å². The number of rotatable bonds is 6. The van der Waals surface area contributed by atoms with Crippen LogP contribution in [0, 0.1) is 0 Å². The van der Waals surface area contributed by atoms with Crippen molar-refractivity contribution in [3.8, 4) is 0 Å². The summed E-state index contributed by atoms with van der Waals surface area (Å²) in [6, 6.07) is 15.2. The predicted molar refractivity (Wildman–Crippen MR) is 105 cm³/mol. The molecule has 25 heavy (non-hydrogen) atoms. The largest absolute Gasteiger partial charge is 0.369 e. The molecular weight excluding hydrogens is 330 g/mol. The average molecular weight is 358 g/mol. The third kappa shape index (κ3) is 4.41. The molecule has 1 amide bonds. The Kier molecular flexibility index (Phi) is 6.10. The molecule has 3 rings (SSSR count). The lowest BCUT2D eigenvalue weighted by molar-refractivity contribution is -0.121. The lowest BCUT2D eigenvalue weighted by atomic mass is 10.0. The van der Waals surface area contributed by atoms with E-state index in [2.05, 4.69) is 69.9 Å². The number of benzene rings is 1. The molecule has 0 unspecified atom stereocenters. The van der Waals surface area contributed by atoms with Crippen LogP contribution < -0.4 is 10.2 Å². The summed E-state index contributed by atoms with van der Waals surface area (Å²) >= 11 is 1.78. The van der Waals surface area contributed by atoms with Crippen molar-refractivity contribution < 1.29 is 4.79 Å². The van der Waals surface area contributed by atoms with E-state index in [1.54, 1.807) is 11.3 Å². The van der Waals surface area contributed by atoms with Gasteiger partial charge in [0.15, 0.2) is 0 Å². The van der Waals surface area contributed by atoms with Crippen molar-refractivity contribution in [1.29, 1.82) is 0 Å². The van der Waals surface area contributed by atoms with Crippen LogP contribution in [0.2, 0.25) is 0 Å². The van der Waals surface area contributed by atoms with Gasteiger partial charge in [-0.3, -0.25) is 9.69 Å². The highest BCUT2D eigenvalue weighted by Crippen LogP contribution is 2.30. The smallest absolute Gasteiger partial charge is 0.219 e. The fourth-order valence-corrected chi connectivity index (χ4v) is 4.50. The van der Waals surface area contributed by atoms with Crippen LogP contribution in [-0.2, 0) is 4.79 Å². The lowest BCUT2D eigenvalue weighted by Crippen LogP contribution is -2.52. The van der Waals surface area contributed by atoms with Crippen molar-refractivity contribution in [3.63, 3.8) is 0 Å². The molecule has 1 aliphatic heterocycles. The SMILES string of the molecule is CCC(=O)N[C@H](C)[C@@H](c1cccs1)N1CCN(c2ccccc2)CC1. The molecule has 0 spiro atoms. The number of hydrogen-bond acceptors (Lipinski definition) is 4. The fourth-order valence-electron chi connectivity index (χ4n) is 3.53. The normalized spacial score (nSPS) is 17.9. The Labute approximate surface area is 154 Å². The topological polar surface area (TPSA) is 35.6 Å². The molecule has 0 radical (unpaired) electrons. The van der Waals surface area contributed by atoms with Crippen LogP contribution in [0.25, 0.3) is 0 Å². The van der Waals surface area contributed by atoms with Gasteiger partial charge in [-0.1, -0.05) is 31.2 Å². The molecule has 0 bridgehead atoms. The van der Waals surface area contributed by atoms with Gasteiger partial charge in [0, 0.05) is 49.2 Å². The minimum Gasteiger partial charge on any atom is -0.369 e. The molecule has 134 valence electrons. The van der Waals surface area contributed by atoms with Crippen molar-refractivity contribution >= 4 is 22.9 Å². The fraction of sp³-hybridized carbons (Fsp3) is 0.450. The van der Waals surface area contributed by atoms with E-state index < -0.39 is 0 Å². The van der Waals surface area contributed by atoms with Crippen LogP contribution in [0.1, 0.15) is 31.2 Å². The molecule has 2 atom stereocenters. The molecule has 1 saturated heterocycles. The molecule has 2 aromatic rings. The number of thiophene rings is 1. The van der Waals surface area contributed by atoms with E-state index in [0.717, 1.165) is 26.2 Å². The number of hydrogen-bond donors (Lipinski definition) is 1. The summed E-state index contributed by atoms with van der Waals surface area (Å²) in [6.45, 7) is 8.07. The standard InChI is InChI=1S/C20H27N3OS/c1-3-19(24)21-16(2)20(18-10-7-15-25-18)23-13-11-22(12-14-23)17-8-5-4-6-9-17/h4-10,15-16,20H,3,11-14H2,1-2H3,(H,21,24)/t16-,20+/m1/s1. The molecule has 1 aromatic carbocycles. The molecular formula is C20H27N3OS. The zero-order valence-corrected chi connectivity index (χ0v) is 15.8. The van der Waals surface area contributed by atoms with E-state index in [-0.39, 0.29) is 18.0 Å². The minimum atomic E-state index is 0.106. The van der Waals surface area contributed by atoms with Crippen molar-refractivity contribution in [1.82, 2.24) is 10.2 Å². The summed E-state index contributed by atoms with van der Waals surface area (Å²) in [5.74, 6) is 0.122. The maximum Gasteiger partial charge on any atom is 0.219 e. The molecule has 0 aliphatic carbocycles. The van der Waals surface area contributed by atoms with Crippen LogP contribution in [0.15, 0.2) is 47.8 Å². The number of piperazine rings is 1. The Morgan fingerprint density at radius 1 is 1.12 bits per heavy atom. The Balaban J connectivity index is 1.69. The first-order chi connectivity index (χ1) is 12.2. The van der Waals surface area contributed by atoms with Crippen molar-refractivity contribution in [2.75, 3.05) is 31.1 Å². The molecule has 5 heteroatoms. The highest BCUT2D eigenvalue weighted by molar-refractivity contribution is 7.10. The monoisotopic (exact) mass is 357 g/mol. The second kappa shape index (κ2) is 8.50. The zero-order valence-electron chi connectivity index (χ0n) is 15.0. The summed E-state index contributed by atoms with van der Waals surface area (Å²) in [6.07, 6.45) is 0.531. The van der Waals surface area contributed by atoms with Gasteiger partial charge in [0.05, 0.1) is 6.04 Å². The molecule has 4 nitrogen and oxygen atoms in total. The average Bonchev–Trinajstić information content (AvgIpc) is 3.17. The van der Waals surface area contributed by atoms with Gasteiger partial charge in [0.1, 0.15) is 0 Å². The van der Waals surface area contributed by atoms with Gasteiger partial charge in [-0.15, -0.1) is 11.3 Å². The Morgan fingerprint density at radius 3 is 2.44 bits per heavy atom. The number of carbonyl (C=O) groups is 1. The Hall–Kier alpha value is -1.85. The second-order valence-electron chi connectivity index (χ2n) is 6.53. The number of para-hydroxylation sites is 1. The van der Waals surface area contributed by atoms with Crippen molar-refractivity contribution in [3.05, 3.63) is 52.7 Å². The number of amides is 1. The third-order valence-corrected chi connectivity index (χ3v) is 5.79. The summed E-state index contributed by atoms with van der Waals surface area (Å²) in [4.78, 5) is 18.2. The molecule has 0 saturated carbocycles. The van der Waals surface area contributed by atoms with Gasteiger partial charge in [-0.25, -0.2) is 0 Å². The minimum absolute atomic E-state index is 0.106. The number of nitrogens with zero attached hydrogens (tertiary/aromatic N) is 2. The molecule has 1 aromatic heterocycles. The number of anilines is 1. The van der Waals surface area contributed by atoms with Crippen LogP contribution in [0.5, 0.6) is 0 Å². The Morgan fingerprint density at radius 2 is 1.84 bits per heavy atom. The summed E-state index contributed by atoms with van der Waals surface area (Å²) in [7, 11) is 0. The summed E-state index contributed by atoms with van der Waals surface area (Å²) in [5, 5.41) is 5.29. The van der Waals surface area contributed by atoms with Crippen molar-refractivity contribution in [2.24, 2.45) is 0 Å². The van der Waals surface area contributed by atoms with E-state index in [4.69, 9.17) is 0 Å². The van der Waals surface area contributed by atoms with Gasteiger partial charge in [0.2, 0.25) is 5.91 Å². The first kappa shape index (κ1) is 18.0. The quantitative estimate of drug-likeness (QED) is 0.859. The van der Waals surface area contributed by atoms with E-state index in [1.807, 2.05) is 6.92 Å². The van der Waals surface area contributed by atoms with E-state index >= 15 is 0 Å².